The second-order valence-electron chi connectivity index (χ2n) is 6.36. The molecule has 0 radical (unpaired) electrons. The molecule has 0 unspecified atom stereocenters. The lowest BCUT2D eigenvalue weighted by molar-refractivity contribution is 0.102. The maximum absolute atomic E-state index is 12.5. The summed E-state index contributed by atoms with van der Waals surface area (Å²) >= 11 is 1.65. The predicted octanol–water partition coefficient (Wildman–Crippen LogP) is 4.52. The molecule has 1 amide bonds. The van der Waals surface area contributed by atoms with Crippen LogP contribution in [0.5, 0.6) is 0 Å². The van der Waals surface area contributed by atoms with Crippen LogP contribution in [-0.4, -0.2) is 27.2 Å². The first kappa shape index (κ1) is 16.1. The monoisotopic (exact) mass is 352 g/mol. The summed E-state index contributed by atoms with van der Waals surface area (Å²) in [7, 11) is 0. The van der Waals surface area contributed by atoms with Gasteiger partial charge in [0, 0.05) is 16.1 Å². The summed E-state index contributed by atoms with van der Waals surface area (Å²) in [6, 6.07) is 13.9. The molecule has 128 valence electrons. The number of anilines is 1. The molecule has 5 nitrogen and oxygen atoms in total. The summed E-state index contributed by atoms with van der Waals surface area (Å²) < 4.78 is 2.02. The largest absolute Gasteiger partial charge is 0.322 e. The maximum atomic E-state index is 12.5. The maximum Gasteiger partial charge on any atom is 0.255 e. The van der Waals surface area contributed by atoms with Crippen LogP contribution in [0, 0.1) is 0 Å². The Balaban J connectivity index is 1.57. The van der Waals surface area contributed by atoms with Gasteiger partial charge in [0.05, 0.1) is 11.6 Å². The third-order valence-electron chi connectivity index (χ3n) is 4.73. The van der Waals surface area contributed by atoms with Crippen LogP contribution in [0.25, 0.3) is 11.0 Å². The van der Waals surface area contributed by atoms with E-state index in [0.717, 1.165) is 34.5 Å². The summed E-state index contributed by atoms with van der Waals surface area (Å²) in [6.45, 7) is 0. The van der Waals surface area contributed by atoms with E-state index in [9.17, 15) is 4.79 Å². The smallest absolute Gasteiger partial charge is 0.255 e. The number of fused-ring (bicyclic) bond motifs is 1. The zero-order valence-corrected chi connectivity index (χ0v) is 14.9. The average Bonchev–Trinajstić information content (AvgIpc) is 3.30. The topological polar surface area (TPSA) is 59.8 Å². The molecule has 1 aliphatic carbocycles. The van der Waals surface area contributed by atoms with Gasteiger partial charge in [-0.3, -0.25) is 4.79 Å². The summed E-state index contributed by atoms with van der Waals surface area (Å²) in [4.78, 5) is 13.7. The minimum absolute atomic E-state index is 0.129. The number of nitrogens with zero attached hydrogens (tertiary/aromatic N) is 3. The molecule has 0 bridgehead atoms. The molecule has 3 aromatic rings. The Morgan fingerprint density at radius 1 is 1.20 bits per heavy atom. The Kier molecular flexibility index (Phi) is 4.44. The van der Waals surface area contributed by atoms with Crippen LogP contribution in [0.3, 0.4) is 0 Å². The van der Waals surface area contributed by atoms with Crippen LogP contribution in [0.1, 0.15) is 42.1 Å². The van der Waals surface area contributed by atoms with E-state index in [-0.39, 0.29) is 5.91 Å². The van der Waals surface area contributed by atoms with Gasteiger partial charge in [-0.25, -0.2) is 4.68 Å². The molecule has 6 heteroatoms. The van der Waals surface area contributed by atoms with Crippen LogP contribution in [-0.2, 0) is 0 Å². The van der Waals surface area contributed by atoms with Gasteiger partial charge in [0.15, 0.2) is 0 Å². The predicted molar refractivity (Wildman–Crippen MR) is 101 cm³/mol. The van der Waals surface area contributed by atoms with Gasteiger partial charge < -0.3 is 5.32 Å². The lowest BCUT2D eigenvalue weighted by Gasteiger charge is -2.10. The fraction of sp³-hybridized carbons (Fsp3) is 0.316. The number of benzene rings is 2. The summed E-state index contributed by atoms with van der Waals surface area (Å²) in [5.74, 6) is -0.129. The zero-order valence-electron chi connectivity index (χ0n) is 14.1. The molecule has 0 aliphatic heterocycles. The fourth-order valence-electron chi connectivity index (χ4n) is 3.41. The van der Waals surface area contributed by atoms with E-state index >= 15 is 0 Å². The summed E-state index contributed by atoms with van der Waals surface area (Å²) in [6.07, 6.45) is 6.84. The Morgan fingerprint density at radius 2 is 2.04 bits per heavy atom. The van der Waals surface area contributed by atoms with E-state index in [1.165, 1.54) is 12.8 Å². The van der Waals surface area contributed by atoms with E-state index in [1.807, 2.05) is 53.4 Å². The Hall–Kier alpha value is -2.34. The molecule has 25 heavy (non-hydrogen) atoms. The average molecular weight is 352 g/mol. The van der Waals surface area contributed by atoms with Crippen molar-refractivity contribution in [3.8, 4) is 0 Å². The van der Waals surface area contributed by atoms with Crippen LogP contribution < -0.4 is 5.32 Å². The van der Waals surface area contributed by atoms with E-state index in [2.05, 4.69) is 15.6 Å². The molecular weight excluding hydrogens is 332 g/mol. The molecule has 4 rings (SSSR count). The standard InChI is InChI=1S/C19H20N4OS/c1-25-16-8-4-5-14(12-16)20-19(24)13-9-10-18-17(11-13)21-22-23(18)15-6-2-3-7-15/h4-5,8-12,15H,2-3,6-7H2,1H3,(H,20,24). The van der Waals surface area contributed by atoms with Crippen LogP contribution in [0.15, 0.2) is 47.4 Å². The van der Waals surface area contributed by atoms with Crippen molar-refractivity contribution in [2.24, 2.45) is 0 Å². The third-order valence-corrected chi connectivity index (χ3v) is 5.46. The van der Waals surface area contributed by atoms with Crippen LogP contribution in [0.2, 0.25) is 0 Å². The van der Waals surface area contributed by atoms with Crippen molar-refractivity contribution in [2.75, 3.05) is 11.6 Å². The number of hydrogen-bond donors (Lipinski definition) is 1. The van der Waals surface area contributed by atoms with E-state index in [1.54, 1.807) is 11.8 Å². The van der Waals surface area contributed by atoms with Crippen molar-refractivity contribution in [1.29, 1.82) is 0 Å². The van der Waals surface area contributed by atoms with Gasteiger partial charge in [0.2, 0.25) is 0 Å². The van der Waals surface area contributed by atoms with Crippen LogP contribution in [0.4, 0.5) is 5.69 Å². The number of carbonyl (C=O) groups is 1. The highest BCUT2D eigenvalue weighted by Crippen LogP contribution is 2.31. The number of hydrogen-bond acceptors (Lipinski definition) is 4. The molecule has 2 aromatic carbocycles. The zero-order chi connectivity index (χ0) is 17.2. The molecule has 1 aliphatic rings. The normalized spacial score (nSPS) is 14.9. The van der Waals surface area contributed by atoms with Gasteiger partial charge in [-0.2, -0.15) is 0 Å². The summed E-state index contributed by atoms with van der Waals surface area (Å²) in [5, 5.41) is 11.5. The Bertz CT molecular complexity index is 915. The molecule has 1 fully saturated rings. The molecule has 1 aromatic heterocycles. The minimum atomic E-state index is -0.129. The van der Waals surface area contributed by atoms with Crippen molar-refractivity contribution in [1.82, 2.24) is 15.0 Å². The van der Waals surface area contributed by atoms with Gasteiger partial charge in [0.25, 0.3) is 5.91 Å². The molecular formula is C19H20N4OS. The number of nitrogens with one attached hydrogen (secondary N) is 1. The van der Waals surface area contributed by atoms with Gasteiger partial charge in [0.1, 0.15) is 5.52 Å². The van der Waals surface area contributed by atoms with Gasteiger partial charge in [-0.05, 0) is 55.5 Å². The van der Waals surface area contributed by atoms with Gasteiger partial charge >= 0.3 is 0 Å². The first-order valence-corrected chi connectivity index (χ1v) is 9.77. The van der Waals surface area contributed by atoms with Crippen molar-refractivity contribution < 1.29 is 4.79 Å². The van der Waals surface area contributed by atoms with E-state index in [0.29, 0.717) is 11.6 Å². The number of thioether (sulfide) groups is 1. The van der Waals surface area contributed by atoms with Gasteiger partial charge in [-0.1, -0.05) is 24.1 Å². The van der Waals surface area contributed by atoms with Crippen molar-refractivity contribution in [3.63, 3.8) is 0 Å². The first-order chi connectivity index (χ1) is 12.2. The molecule has 1 N–H and O–H groups in total. The first-order valence-electron chi connectivity index (χ1n) is 8.55. The lowest BCUT2D eigenvalue weighted by atomic mass is 10.1. The second-order valence-corrected chi connectivity index (χ2v) is 7.24. The van der Waals surface area contributed by atoms with Crippen molar-refractivity contribution >= 4 is 34.4 Å². The quantitative estimate of drug-likeness (QED) is 0.701. The number of carbonyl (C=O) groups excluding carboxylic acids is 1. The van der Waals surface area contributed by atoms with E-state index in [4.69, 9.17) is 0 Å². The second kappa shape index (κ2) is 6.88. The number of aromatic nitrogens is 3. The highest BCUT2D eigenvalue weighted by molar-refractivity contribution is 7.98. The highest BCUT2D eigenvalue weighted by atomic mass is 32.2. The lowest BCUT2D eigenvalue weighted by Crippen LogP contribution is -2.12. The van der Waals surface area contributed by atoms with Crippen LogP contribution >= 0.6 is 11.8 Å². The molecule has 0 spiro atoms. The molecule has 0 atom stereocenters. The molecule has 1 saturated carbocycles. The van der Waals surface area contributed by atoms with Crippen molar-refractivity contribution in [3.05, 3.63) is 48.0 Å². The fourth-order valence-corrected chi connectivity index (χ4v) is 3.87. The molecule has 1 heterocycles. The molecule has 0 saturated heterocycles. The summed E-state index contributed by atoms with van der Waals surface area (Å²) in [5.41, 5.74) is 3.18. The number of rotatable bonds is 4. The number of amides is 1. The SMILES string of the molecule is CSc1cccc(NC(=O)c2ccc3c(c2)nnn3C2CCCC2)c1. The van der Waals surface area contributed by atoms with Gasteiger partial charge in [-0.15, -0.1) is 16.9 Å². The highest BCUT2D eigenvalue weighted by Gasteiger charge is 2.20. The Labute approximate surface area is 150 Å². The Morgan fingerprint density at radius 3 is 2.84 bits per heavy atom. The third kappa shape index (κ3) is 3.26. The van der Waals surface area contributed by atoms with Crippen molar-refractivity contribution in [2.45, 2.75) is 36.6 Å². The minimum Gasteiger partial charge on any atom is -0.322 e. The van der Waals surface area contributed by atoms with E-state index < -0.39 is 0 Å².